The maximum absolute atomic E-state index is 3.53. The van der Waals surface area contributed by atoms with Crippen LogP contribution in [0.3, 0.4) is 0 Å². The zero-order valence-corrected chi connectivity index (χ0v) is 11.5. The Morgan fingerprint density at radius 1 is 1.28 bits per heavy atom. The van der Waals surface area contributed by atoms with Gasteiger partial charge in [-0.3, -0.25) is 4.90 Å². The third kappa shape index (κ3) is 2.19. The van der Waals surface area contributed by atoms with E-state index in [4.69, 9.17) is 0 Å². The van der Waals surface area contributed by atoms with Crippen LogP contribution in [0, 0.1) is 11.8 Å². The molecule has 0 spiro atoms. The number of hydrogen-bond acceptors (Lipinski definition) is 2. The molecule has 2 nitrogen and oxygen atoms in total. The van der Waals surface area contributed by atoms with Crippen LogP contribution in [0.25, 0.3) is 0 Å². The molecule has 0 bridgehead atoms. The molecule has 2 aliphatic rings. The second kappa shape index (κ2) is 5.02. The Labute approximate surface area is 110 Å². The summed E-state index contributed by atoms with van der Waals surface area (Å²) in [5.74, 6) is 2.41. The number of likely N-dealkylation sites (tertiary alicyclic amines) is 1. The molecule has 2 heterocycles. The molecule has 0 amide bonds. The van der Waals surface area contributed by atoms with Crippen molar-refractivity contribution in [1.29, 1.82) is 0 Å². The molecule has 0 radical (unpaired) electrons. The van der Waals surface area contributed by atoms with Gasteiger partial charge < -0.3 is 5.32 Å². The minimum absolute atomic E-state index is 0.639. The Hall–Kier alpha value is -0.860. The predicted molar refractivity (Wildman–Crippen MR) is 75.7 cm³/mol. The first-order chi connectivity index (χ1) is 8.75. The highest BCUT2D eigenvalue weighted by Gasteiger charge is 2.41. The average molecular weight is 244 g/mol. The van der Waals surface area contributed by atoms with E-state index in [1.54, 1.807) is 0 Å². The third-order valence-corrected chi connectivity index (χ3v) is 4.93. The van der Waals surface area contributed by atoms with Gasteiger partial charge in [0.15, 0.2) is 0 Å². The van der Waals surface area contributed by atoms with E-state index in [1.807, 2.05) is 0 Å². The normalized spacial score (nSPS) is 33.6. The molecule has 98 valence electrons. The molecule has 1 aromatic carbocycles. The maximum atomic E-state index is 3.53. The monoisotopic (exact) mass is 244 g/mol. The summed E-state index contributed by atoms with van der Waals surface area (Å²) in [7, 11) is 0. The summed E-state index contributed by atoms with van der Waals surface area (Å²) in [6, 6.07) is 11.7. The highest BCUT2D eigenvalue weighted by Crippen LogP contribution is 2.33. The lowest BCUT2D eigenvalue weighted by Crippen LogP contribution is -2.35. The first-order valence-corrected chi connectivity index (χ1v) is 7.25. The van der Waals surface area contributed by atoms with Crippen molar-refractivity contribution < 1.29 is 0 Å². The molecule has 2 fully saturated rings. The largest absolute Gasteiger partial charge is 0.316 e. The molecule has 18 heavy (non-hydrogen) atoms. The van der Waals surface area contributed by atoms with E-state index in [1.165, 1.54) is 31.7 Å². The van der Waals surface area contributed by atoms with Gasteiger partial charge in [0, 0.05) is 19.1 Å². The SMILES string of the molecule is CC(CN1CC2CNCC2C1C)c1ccccc1. The number of benzene rings is 1. The van der Waals surface area contributed by atoms with Gasteiger partial charge in [-0.15, -0.1) is 0 Å². The summed E-state index contributed by atoms with van der Waals surface area (Å²) < 4.78 is 0. The number of nitrogens with zero attached hydrogens (tertiary/aromatic N) is 1. The molecule has 2 heteroatoms. The molecule has 2 aliphatic heterocycles. The van der Waals surface area contributed by atoms with Crippen LogP contribution < -0.4 is 5.32 Å². The minimum atomic E-state index is 0.639. The van der Waals surface area contributed by atoms with Gasteiger partial charge in [-0.05, 0) is 43.3 Å². The van der Waals surface area contributed by atoms with Crippen LogP contribution in [0.4, 0.5) is 0 Å². The Balaban J connectivity index is 1.64. The van der Waals surface area contributed by atoms with E-state index in [9.17, 15) is 0 Å². The molecular weight excluding hydrogens is 220 g/mol. The fourth-order valence-corrected chi connectivity index (χ4v) is 3.74. The number of rotatable bonds is 3. The Morgan fingerprint density at radius 2 is 2.06 bits per heavy atom. The first-order valence-electron chi connectivity index (χ1n) is 7.25. The van der Waals surface area contributed by atoms with Crippen molar-refractivity contribution in [3.63, 3.8) is 0 Å². The Kier molecular flexibility index (Phi) is 3.40. The first kappa shape index (κ1) is 12.2. The van der Waals surface area contributed by atoms with E-state index in [0.29, 0.717) is 5.92 Å². The van der Waals surface area contributed by atoms with Crippen LogP contribution in [0.5, 0.6) is 0 Å². The number of fused-ring (bicyclic) bond motifs is 1. The molecule has 4 atom stereocenters. The number of nitrogens with one attached hydrogen (secondary N) is 1. The molecule has 0 saturated carbocycles. The van der Waals surface area contributed by atoms with Crippen molar-refractivity contribution >= 4 is 0 Å². The van der Waals surface area contributed by atoms with Gasteiger partial charge in [0.05, 0.1) is 0 Å². The van der Waals surface area contributed by atoms with E-state index in [0.717, 1.165) is 17.9 Å². The van der Waals surface area contributed by atoms with Crippen LogP contribution in [0.15, 0.2) is 30.3 Å². The zero-order valence-electron chi connectivity index (χ0n) is 11.5. The summed E-state index contributed by atoms with van der Waals surface area (Å²) >= 11 is 0. The summed E-state index contributed by atoms with van der Waals surface area (Å²) in [4.78, 5) is 2.70. The van der Waals surface area contributed by atoms with Crippen molar-refractivity contribution in [2.24, 2.45) is 11.8 Å². The fraction of sp³-hybridized carbons (Fsp3) is 0.625. The average Bonchev–Trinajstić information content (AvgIpc) is 2.95. The van der Waals surface area contributed by atoms with Crippen molar-refractivity contribution in [3.05, 3.63) is 35.9 Å². The maximum Gasteiger partial charge on any atom is 0.0111 e. The Morgan fingerprint density at radius 3 is 2.78 bits per heavy atom. The summed E-state index contributed by atoms with van der Waals surface area (Å²) in [6.07, 6.45) is 0. The standard InChI is InChI=1S/C16H24N2/c1-12(14-6-4-3-5-7-14)10-18-11-15-8-17-9-16(15)13(18)2/h3-7,12-13,15-17H,8-11H2,1-2H3. The lowest BCUT2D eigenvalue weighted by atomic mass is 9.95. The molecule has 0 aliphatic carbocycles. The van der Waals surface area contributed by atoms with Crippen molar-refractivity contribution in [2.45, 2.75) is 25.8 Å². The number of hydrogen-bond donors (Lipinski definition) is 1. The Bertz CT molecular complexity index is 389. The quantitative estimate of drug-likeness (QED) is 0.878. The van der Waals surface area contributed by atoms with E-state index >= 15 is 0 Å². The lowest BCUT2D eigenvalue weighted by Gasteiger charge is -2.27. The van der Waals surface area contributed by atoms with Gasteiger partial charge in [-0.1, -0.05) is 37.3 Å². The second-order valence-electron chi connectivity index (χ2n) is 6.09. The van der Waals surface area contributed by atoms with Crippen molar-refractivity contribution in [1.82, 2.24) is 10.2 Å². The van der Waals surface area contributed by atoms with Gasteiger partial charge in [-0.25, -0.2) is 0 Å². The van der Waals surface area contributed by atoms with Crippen LogP contribution >= 0.6 is 0 Å². The van der Waals surface area contributed by atoms with Crippen LogP contribution in [0.2, 0.25) is 0 Å². The van der Waals surface area contributed by atoms with Crippen LogP contribution in [-0.4, -0.2) is 37.1 Å². The van der Waals surface area contributed by atoms with Gasteiger partial charge in [0.2, 0.25) is 0 Å². The molecule has 3 rings (SSSR count). The minimum Gasteiger partial charge on any atom is -0.316 e. The van der Waals surface area contributed by atoms with Gasteiger partial charge in [0.25, 0.3) is 0 Å². The smallest absolute Gasteiger partial charge is 0.0111 e. The molecule has 1 N–H and O–H groups in total. The van der Waals surface area contributed by atoms with Crippen molar-refractivity contribution in [2.75, 3.05) is 26.2 Å². The van der Waals surface area contributed by atoms with Gasteiger partial charge in [0.1, 0.15) is 0 Å². The summed E-state index contributed by atoms with van der Waals surface area (Å²) in [5.41, 5.74) is 1.47. The molecular formula is C16H24N2. The van der Waals surface area contributed by atoms with Gasteiger partial charge in [-0.2, -0.15) is 0 Å². The topological polar surface area (TPSA) is 15.3 Å². The van der Waals surface area contributed by atoms with E-state index in [-0.39, 0.29) is 0 Å². The van der Waals surface area contributed by atoms with Gasteiger partial charge >= 0.3 is 0 Å². The van der Waals surface area contributed by atoms with E-state index < -0.39 is 0 Å². The van der Waals surface area contributed by atoms with E-state index in [2.05, 4.69) is 54.4 Å². The summed E-state index contributed by atoms with van der Waals surface area (Å²) in [5, 5.41) is 3.53. The predicted octanol–water partition coefficient (Wildman–Crippen LogP) is 2.33. The highest BCUT2D eigenvalue weighted by molar-refractivity contribution is 5.19. The molecule has 2 saturated heterocycles. The van der Waals surface area contributed by atoms with Crippen LogP contribution in [0.1, 0.15) is 25.3 Å². The lowest BCUT2D eigenvalue weighted by molar-refractivity contribution is 0.229. The molecule has 0 aromatic heterocycles. The fourth-order valence-electron chi connectivity index (χ4n) is 3.74. The van der Waals surface area contributed by atoms with Crippen molar-refractivity contribution in [3.8, 4) is 0 Å². The molecule has 4 unspecified atom stereocenters. The summed E-state index contributed by atoms with van der Waals surface area (Å²) in [6.45, 7) is 9.71. The molecule has 1 aromatic rings. The highest BCUT2D eigenvalue weighted by atomic mass is 15.2. The second-order valence-corrected chi connectivity index (χ2v) is 6.09. The third-order valence-electron chi connectivity index (χ3n) is 4.93. The van der Waals surface area contributed by atoms with Crippen LogP contribution in [-0.2, 0) is 0 Å². The zero-order chi connectivity index (χ0) is 12.5.